The third kappa shape index (κ3) is 3.85. The summed E-state index contributed by atoms with van der Waals surface area (Å²) in [6, 6.07) is 6.78. The molecule has 0 unspecified atom stereocenters. The molecule has 2 aliphatic heterocycles. The normalized spacial score (nSPS) is 25.3. The summed E-state index contributed by atoms with van der Waals surface area (Å²) in [5.74, 6) is -1.06. The van der Waals surface area contributed by atoms with Gasteiger partial charge in [-0.05, 0) is 12.1 Å². The molecule has 0 saturated carbocycles. The molecule has 140 valence electrons. The third-order valence-electron chi connectivity index (χ3n) is 4.18. The molecule has 0 aromatic heterocycles. The molecule has 1 amide bonds. The van der Waals surface area contributed by atoms with Crippen LogP contribution in [-0.2, 0) is 19.4 Å². The van der Waals surface area contributed by atoms with Crippen LogP contribution in [0.2, 0.25) is 0 Å². The van der Waals surface area contributed by atoms with E-state index in [0.29, 0.717) is 16.6 Å². The highest BCUT2D eigenvalue weighted by atomic mass is 32.2. The van der Waals surface area contributed by atoms with Crippen molar-refractivity contribution in [3.05, 3.63) is 24.3 Å². The summed E-state index contributed by atoms with van der Waals surface area (Å²) in [5.41, 5.74) is 0.636. The number of thioether (sulfide) groups is 1. The Bertz CT molecular complexity index is 867. The molecule has 26 heavy (non-hydrogen) atoms. The SMILES string of the molecule is COc1ccccc1N1C(=NC(=O)CCC(=O)O)S[C@H]2CS(=O)(=O)C[C@@H]21. The number of hydrogen-bond acceptors (Lipinski definition) is 6. The fourth-order valence-electron chi connectivity index (χ4n) is 3.05. The minimum absolute atomic E-state index is 0.0228. The summed E-state index contributed by atoms with van der Waals surface area (Å²) in [5, 5.41) is 8.87. The van der Waals surface area contributed by atoms with Crippen LogP contribution in [0.4, 0.5) is 5.69 Å². The Balaban J connectivity index is 1.96. The van der Waals surface area contributed by atoms with Crippen LogP contribution in [0.15, 0.2) is 29.3 Å². The maximum atomic E-state index is 12.0. The lowest BCUT2D eigenvalue weighted by Crippen LogP contribution is -2.38. The lowest BCUT2D eigenvalue weighted by molar-refractivity contribution is -0.138. The number of amidine groups is 1. The van der Waals surface area contributed by atoms with E-state index in [1.54, 1.807) is 29.2 Å². The number of hydrogen-bond donors (Lipinski definition) is 1. The summed E-state index contributed by atoms with van der Waals surface area (Å²) < 4.78 is 29.4. The lowest BCUT2D eigenvalue weighted by Gasteiger charge is -2.26. The standard InChI is InChI=1S/C16H18N2O6S2/c1-24-12-5-3-2-4-10(12)18-11-8-26(22,23)9-13(11)25-16(18)17-14(19)6-7-15(20)21/h2-5,11,13H,6-9H2,1H3,(H,20,21)/t11-,13-/m0/s1. The maximum absolute atomic E-state index is 12.0. The summed E-state index contributed by atoms with van der Waals surface area (Å²) in [6.07, 6.45) is -0.497. The zero-order chi connectivity index (χ0) is 18.9. The zero-order valence-corrected chi connectivity index (χ0v) is 15.6. The molecule has 0 aliphatic carbocycles. The Morgan fingerprint density at radius 1 is 1.31 bits per heavy atom. The molecule has 3 rings (SSSR count). The molecule has 2 aliphatic rings. The number of rotatable bonds is 5. The lowest BCUT2D eigenvalue weighted by atomic mass is 10.2. The van der Waals surface area contributed by atoms with Crippen molar-refractivity contribution in [3.8, 4) is 5.75 Å². The van der Waals surface area contributed by atoms with Gasteiger partial charge in [-0.25, -0.2) is 8.42 Å². The van der Waals surface area contributed by atoms with Crippen molar-refractivity contribution in [2.45, 2.75) is 24.1 Å². The van der Waals surface area contributed by atoms with Crippen molar-refractivity contribution >= 4 is 44.3 Å². The Labute approximate surface area is 155 Å². The second-order valence-corrected chi connectivity index (χ2v) is 9.38. The van der Waals surface area contributed by atoms with Gasteiger partial charge in [-0.15, -0.1) is 0 Å². The second kappa shape index (κ2) is 7.28. The van der Waals surface area contributed by atoms with E-state index in [1.807, 2.05) is 0 Å². The van der Waals surface area contributed by atoms with Gasteiger partial charge in [0.05, 0.1) is 36.8 Å². The molecular weight excluding hydrogens is 380 g/mol. The Morgan fingerprint density at radius 2 is 2.04 bits per heavy atom. The van der Waals surface area contributed by atoms with Gasteiger partial charge in [0.2, 0.25) is 5.91 Å². The molecule has 0 bridgehead atoms. The van der Waals surface area contributed by atoms with Gasteiger partial charge in [-0.2, -0.15) is 4.99 Å². The Hall–Kier alpha value is -2.07. The first kappa shape index (κ1) is 18.7. The topological polar surface area (TPSA) is 113 Å². The fraction of sp³-hybridized carbons (Fsp3) is 0.438. The number of ether oxygens (including phenoxy) is 1. The monoisotopic (exact) mass is 398 g/mol. The van der Waals surface area contributed by atoms with Gasteiger partial charge in [0.1, 0.15) is 5.75 Å². The number of sulfone groups is 1. The molecule has 0 spiro atoms. The molecule has 1 aromatic carbocycles. The molecule has 2 saturated heterocycles. The van der Waals surface area contributed by atoms with Crippen molar-refractivity contribution < 1.29 is 27.9 Å². The maximum Gasteiger partial charge on any atom is 0.303 e. The molecule has 2 heterocycles. The van der Waals surface area contributed by atoms with Gasteiger partial charge >= 0.3 is 5.97 Å². The Kier molecular flexibility index (Phi) is 5.24. The Morgan fingerprint density at radius 3 is 2.73 bits per heavy atom. The van der Waals surface area contributed by atoms with Crippen LogP contribution in [0.5, 0.6) is 5.75 Å². The van der Waals surface area contributed by atoms with Gasteiger partial charge < -0.3 is 14.7 Å². The predicted molar refractivity (Wildman–Crippen MR) is 98.6 cm³/mol. The number of aliphatic imine (C=N–C) groups is 1. The van der Waals surface area contributed by atoms with Crippen LogP contribution in [0.25, 0.3) is 0 Å². The second-order valence-electron chi connectivity index (χ2n) is 6.02. The number of anilines is 1. The minimum Gasteiger partial charge on any atom is -0.495 e. The molecule has 2 atom stereocenters. The van der Waals surface area contributed by atoms with E-state index in [0.717, 1.165) is 0 Å². The molecule has 8 nitrogen and oxygen atoms in total. The highest BCUT2D eigenvalue weighted by molar-refractivity contribution is 8.16. The van der Waals surface area contributed by atoms with Crippen LogP contribution < -0.4 is 9.64 Å². The number of benzene rings is 1. The highest BCUT2D eigenvalue weighted by Gasteiger charge is 2.49. The van der Waals surface area contributed by atoms with Gasteiger partial charge in [-0.3, -0.25) is 9.59 Å². The molecule has 0 radical (unpaired) electrons. The molecule has 10 heteroatoms. The number of amides is 1. The van der Waals surface area contributed by atoms with E-state index in [1.165, 1.54) is 18.9 Å². The number of carboxylic acids is 1. The van der Waals surface area contributed by atoms with Crippen LogP contribution >= 0.6 is 11.8 Å². The smallest absolute Gasteiger partial charge is 0.303 e. The van der Waals surface area contributed by atoms with Crippen molar-refractivity contribution in [1.29, 1.82) is 0 Å². The number of nitrogens with zero attached hydrogens (tertiary/aromatic N) is 2. The molecular formula is C16H18N2O6S2. The van der Waals surface area contributed by atoms with Crippen LogP contribution in [0.1, 0.15) is 12.8 Å². The van der Waals surface area contributed by atoms with Crippen molar-refractivity contribution in [3.63, 3.8) is 0 Å². The van der Waals surface area contributed by atoms with E-state index in [4.69, 9.17) is 9.84 Å². The summed E-state index contributed by atoms with van der Waals surface area (Å²) in [7, 11) is -1.65. The number of carbonyl (C=O) groups excluding carboxylic acids is 1. The zero-order valence-electron chi connectivity index (χ0n) is 14.0. The van der Waals surface area contributed by atoms with E-state index < -0.39 is 21.7 Å². The van der Waals surface area contributed by atoms with Gasteiger partial charge in [-0.1, -0.05) is 23.9 Å². The fourth-order valence-corrected chi connectivity index (χ4v) is 6.98. The number of methoxy groups -OCH3 is 1. The van der Waals surface area contributed by atoms with Gasteiger partial charge in [0, 0.05) is 11.7 Å². The first-order valence-corrected chi connectivity index (χ1v) is 10.6. The summed E-state index contributed by atoms with van der Waals surface area (Å²) >= 11 is 1.24. The number of aliphatic carboxylic acids is 1. The number of carbonyl (C=O) groups is 2. The first-order valence-electron chi connectivity index (χ1n) is 7.93. The third-order valence-corrected chi connectivity index (χ3v) is 7.39. The summed E-state index contributed by atoms with van der Waals surface area (Å²) in [4.78, 5) is 28.5. The van der Waals surface area contributed by atoms with E-state index >= 15 is 0 Å². The molecule has 2 fully saturated rings. The average Bonchev–Trinajstić information content (AvgIpc) is 3.03. The number of carboxylic acid groups (broad SMARTS) is 1. The molecule has 1 aromatic rings. The van der Waals surface area contributed by atoms with Gasteiger partial charge in [0.15, 0.2) is 15.0 Å². The van der Waals surface area contributed by atoms with E-state index in [-0.39, 0.29) is 35.6 Å². The predicted octanol–water partition coefficient (Wildman–Crippen LogP) is 1.16. The van der Waals surface area contributed by atoms with Crippen LogP contribution in [0.3, 0.4) is 0 Å². The largest absolute Gasteiger partial charge is 0.495 e. The highest BCUT2D eigenvalue weighted by Crippen LogP contribution is 2.43. The molecule has 1 N–H and O–H groups in total. The van der Waals surface area contributed by atoms with Crippen molar-refractivity contribution in [2.24, 2.45) is 4.99 Å². The van der Waals surface area contributed by atoms with E-state index in [2.05, 4.69) is 4.99 Å². The minimum atomic E-state index is -3.16. The van der Waals surface area contributed by atoms with Crippen LogP contribution in [0, 0.1) is 0 Å². The first-order chi connectivity index (χ1) is 12.3. The van der Waals surface area contributed by atoms with Crippen molar-refractivity contribution in [2.75, 3.05) is 23.5 Å². The van der Waals surface area contributed by atoms with Crippen molar-refractivity contribution in [1.82, 2.24) is 0 Å². The summed E-state index contributed by atoms with van der Waals surface area (Å²) in [6.45, 7) is 0. The van der Waals surface area contributed by atoms with Crippen LogP contribution in [-0.4, -0.2) is 60.5 Å². The van der Waals surface area contributed by atoms with Gasteiger partial charge in [0.25, 0.3) is 0 Å². The quantitative estimate of drug-likeness (QED) is 0.786. The average molecular weight is 398 g/mol. The number of para-hydroxylation sites is 2. The number of fused-ring (bicyclic) bond motifs is 1. The van der Waals surface area contributed by atoms with E-state index in [9.17, 15) is 18.0 Å².